The smallest absolute Gasteiger partial charge is 0.321 e. The summed E-state index contributed by atoms with van der Waals surface area (Å²) in [7, 11) is 1.71. The molecule has 26 heavy (non-hydrogen) atoms. The normalized spacial score (nSPS) is 11.4. The van der Waals surface area contributed by atoms with Crippen LogP contribution < -0.4 is 5.32 Å². The highest BCUT2D eigenvalue weighted by Crippen LogP contribution is 2.30. The summed E-state index contributed by atoms with van der Waals surface area (Å²) in [4.78, 5) is 20.8. The first-order valence-electron chi connectivity index (χ1n) is 7.56. The van der Waals surface area contributed by atoms with Crippen LogP contribution in [0, 0.1) is 6.92 Å². The molecule has 0 saturated heterocycles. The highest BCUT2D eigenvalue weighted by molar-refractivity contribution is 6.04. The Morgan fingerprint density at radius 1 is 1.12 bits per heavy atom. The van der Waals surface area contributed by atoms with E-state index in [1.54, 1.807) is 26.1 Å². The number of rotatable bonds is 3. The van der Waals surface area contributed by atoms with Crippen molar-refractivity contribution in [1.82, 2.24) is 19.7 Å². The van der Waals surface area contributed by atoms with E-state index in [2.05, 4.69) is 20.4 Å². The van der Waals surface area contributed by atoms with Gasteiger partial charge >= 0.3 is 6.18 Å². The van der Waals surface area contributed by atoms with Gasteiger partial charge in [-0.15, -0.1) is 5.10 Å². The number of amides is 1. The summed E-state index contributed by atoms with van der Waals surface area (Å²) in [6, 6.07) is 7.61. The third-order valence-corrected chi connectivity index (χ3v) is 3.61. The Balaban J connectivity index is 1.83. The van der Waals surface area contributed by atoms with E-state index < -0.39 is 17.6 Å². The van der Waals surface area contributed by atoms with Crippen molar-refractivity contribution in [2.75, 3.05) is 5.32 Å². The second kappa shape index (κ2) is 6.58. The second-order valence-corrected chi connectivity index (χ2v) is 5.63. The Hall–Kier alpha value is -3.23. The molecule has 2 heterocycles. The molecule has 0 aliphatic heterocycles. The van der Waals surface area contributed by atoms with E-state index in [1.165, 1.54) is 23.1 Å². The monoisotopic (exact) mass is 361 g/mol. The van der Waals surface area contributed by atoms with Crippen molar-refractivity contribution in [3.8, 4) is 11.5 Å². The summed E-state index contributed by atoms with van der Waals surface area (Å²) < 4.78 is 39.3. The molecule has 0 unspecified atom stereocenters. The van der Waals surface area contributed by atoms with Gasteiger partial charge in [-0.3, -0.25) is 9.48 Å². The lowest BCUT2D eigenvalue weighted by atomic mass is 10.1. The first-order chi connectivity index (χ1) is 12.2. The Labute approximate surface area is 146 Å². The van der Waals surface area contributed by atoms with E-state index in [-0.39, 0.29) is 11.4 Å². The Morgan fingerprint density at radius 2 is 1.81 bits per heavy atom. The van der Waals surface area contributed by atoms with Crippen LogP contribution in [0.5, 0.6) is 0 Å². The number of aryl methyl sites for hydroxylation is 2. The van der Waals surface area contributed by atoms with E-state index in [0.29, 0.717) is 17.1 Å². The number of halogens is 3. The number of hydrogen-bond acceptors (Lipinski definition) is 4. The van der Waals surface area contributed by atoms with Crippen molar-refractivity contribution < 1.29 is 18.0 Å². The first kappa shape index (κ1) is 17.6. The minimum Gasteiger partial charge on any atom is -0.321 e. The highest BCUT2D eigenvalue weighted by atomic mass is 19.4. The molecule has 3 aromatic rings. The van der Waals surface area contributed by atoms with Crippen LogP contribution in [-0.4, -0.2) is 25.7 Å². The van der Waals surface area contributed by atoms with Crippen LogP contribution in [-0.2, 0) is 13.2 Å². The number of hydrogen-bond donors (Lipinski definition) is 1. The largest absolute Gasteiger partial charge is 0.416 e. The molecule has 0 aliphatic carbocycles. The molecule has 0 bridgehead atoms. The van der Waals surface area contributed by atoms with Gasteiger partial charge in [-0.25, -0.2) is 9.97 Å². The van der Waals surface area contributed by atoms with Gasteiger partial charge in [0.2, 0.25) is 0 Å². The molecule has 0 saturated carbocycles. The van der Waals surface area contributed by atoms with Crippen LogP contribution in [0.25, 0.3) is 11.5 Å². The molecule has 0 fully saturated rings. The van der Waals surface area contributed by atoms with Crippen molar-refractivity contribution in [2.45, 2.75) is 13.1 Å². The van der Waals surface area contributed by atoms with Gasteiger partial charge in [-0.1, -0.05) is 6.07 Å². The van der Waals surface area contributed by atoms with Gasteiger partial charge in [0.05, 0.1) is 5.56 Å². The lowest BCUT2D eigenvalue weighted by Crippen LogP contribution is -2.16. The van der Waals surface area contributed by atoms with Gasteiger partial charge in [-0.2, -0.15) is 13.2 Å². The van der Waals surface area contributed by atoms with E-state index in [0.717, 1.165) is 12.1 Å². The molecule has 3 rings (SSSR count). The predicted octanol–water partition coefficient (Wildman–Crippen LogP) is 3.46. The Morgan fingerprint density at radius 3 is 2.38 bits per heavy atom. The molecule has 2 aromatic heterocycles. The highest BCUT2D eigenvalue weighted by Gasteiger charge is 2.30. The van der Waals surface area contributed by atoms with Gasteiger partial charge in [0.15, 0.2) is 5.82 Å². The molecule has 134 valence electrons. The summed E-state index contributed by atoms with van der Waals surface area (Å²) in [5, 5.41) is 6.68. The van der Waals surface area contributed by atoms with Crippen LogP contribution in [0.15, 0.2) is 42.7 Å². The number of aromatic nitrogens is 4. The minimum atomic E-state index is -4.43. The number of nitrogens with one attached hydrogen (secondary N) is 1. The third kappa shape index (κ3) is 3.71. The number of benzene rings is 1. The molecular weight excluding hydrogens is 347 g/mol. The molecule has 0 aliphatic rings. The summed E-state index contributed by atoms with van der Waals surface area (Å²) in [5.74, 6) is -0.156. The fourth-order valence-corrected chi connectivity index (χ4v) is 2.27. The molecule has 0 radical (unpaired) electrons. The third-order valence-electron chi connectivity index (χ3n) is 3.61. The maximum Gasteiger partial charge on any atom is 0.416 e. The van der Waals surface area contributed by atoms with E-state index in [4.69, 9.17) is 0 Å². The maximum absolute atomic E-state index is 12.6. The van der Waals surface area contributed by atoms with Gasteiger partial charge < -0.3 is 5.32 Å². The van der Waals surface area contributed by atoms with Gasteiger partial charge in [-0.05, 0) is 42.8 Å². The summed E-state index contributed by atoms with van der Waals surface area (Å²) in [5.41, 5.74) is 0.649. The van der Waals surface area contributed by atoms with Crippen molar-refractivity contribution in [3.05, 3.63) is 59.5 Å². The Bertz CT molecular complexity index is 948. The number of alkyl halides is 3. The van der Waals surface area contributed by atoms with E-state index in [1.807, 2.05) is 0 Å². The van der Waals surface area contributed by atoms with Crippen LogP contribution in [0.3, 0.4) is 0 Å². The molecular formula is C17H14F3N5O. The number of anilines is 1. The Kier molecular flexibility index (Phi) is 4.45. The molecule has 1 aromatic carbocycles. The summed E-state index contributed by atoms with van der Waals surface area (Å²) in [6.07, 6.45) is -2.91. The molecule has 1 N–H and O–H groups in total. The zero-order valence-electron chi connectivity index (χ0n) is 13.9. The zero-order chi connectivity index (χ0) is 18.9. The van der Waals surface area contributed by atoms with E-state index in [9.17, 15) is 18.0 Å². The minimum absolute atomic E-state index is 0.148. The topological polar surface area (TPSA) is 72.7 Å². The van der Waals surface area contributed by atoms with Crippen molar-refractivity contribution in [3.63, 3.8) is 0 Å². The summed E-state index contributed by atoms with van der Waals surface area (Å²) >= 11 is 0. The molecule has 0 atom stereocenters. The molecule has 0 spiro atoms. The summed E-state index contributed by atoms with van der Waals surface area (Å²) in [6.45, 7) is 1.71. The number of carbonyl (C=O) groups excluding carboxylic acids is 1. The lowest BCUT2D eigenvalue weighted by Gasteiger charge is -2.10. The van der Waals surface area contributed by atoms with Gasteiger partial charge in [0.1, 0.15) is 17.7 Å². The van der Waals surface area contributed by atoms with Crippen LogP contribution in [0.1, 0.15) is 21.6 Å². The molecule has 9 heteroatoms. The predicted molar refractivity (Wildman–Crippen MR) is 88.4 cm³/mol. The van der Waals surface area contributed by atoms with Gasteiger partial charge in [0.25, 0.3) is 5.91 Å². The van der Waals surface area contributed by atoms with Crippen molar-refractivity contribution in [2.24, 2.45) is 7.05 Å². The zero-order valence-corrected chi connectivity index (χ0v) is 13.9. The van der Waals surface area contributed by atoms with Crippen molar-refractivity contribution in [1.29, 1.82) is 0 Å². The second-order valence-electron chi connectivity index (χ2n) is 5.63. The van der Waals surface area contributed by atoms with Crippen LogP contribution >= 0.6 is 0 Å². The first-order valence-corrected chi connectivity index (χ1v) is 7.56. The van der Waals surface area contributed by atoms with Crippen LogP contribution in [0.2, 0.25) is 0 Å². The fourth-order valence-electron chi connectivity index (χ4n) is 2.27. The number of carbonyl (C=O) groups is 1. The van der Waals surface area contributed by atoms with Crippen LogP contribution in [0.4, 0.5) is 18.9 Å². The maximum atomic E-state index is 12.6. The van der Waals surface area contributed by atoms with Crippen molar-refractivity contribution >= 4 is 11.6 Å². The molecule has 6 nitrogen and oxygen atoms in total. The average Bonchev–Trinajstić information content (AvgIpc) is 3.01. The average molecular weight is 361 g/mol. The number of nitrogens with zero attached hydrogens (tertiary/aromatic N) is 4. The van der Waals surface area contributed by atoms with E-state index >= 15 is 0 Å². The lowest BCUT2D eigenvalue weighted by molar-refractivity contribution is -0.137. The number of pyridine rings is 1. The fraction of sp³-hybridized carbons (Fsp3) is 0.176. The quantitative estimate of drug-likeness (QED) is 0.775. The molecule has 1 amide bonds. The van der Waals surface area contributed by atoms with Gasteiger partial charge in [0, 0.05) is 12.7 Å². The SMILES string of the molecule is Cc1ccc(-c2ncn(C)n2)nc1C(=O)Nc1ccc(C(F)(F)F)cc1. The standard InChI is InChI=1S/C17H14F3N5O/c1-10-3-8-13(15-21-9-25(2)24-15)23-14(10)16(26)22-12-6-4-11(5-7-12)17(18,19)20/h3-9H,1-2H3,(H,22,26).